The summed E-state index contributed by atoms with van der Waals surface area (Å²) in [6, 6.07) is 6.65. The van der Waals surface area contributed by atoms with E-state index in [0.29, 0.717) is 17.9 Å². The normalized spacial score (nSPS) is 10.4. The van der Waals surface area contributed by atoms with E-state index < -0.39 is 5.82 Å². The van der Waals surface area contributed by atoms with Gasteiger partial charge in [0.05, 0.1) is 12.3 Å². The van der Waals surface area contributed by atoms with Gasteiger partial charge in [0.2, 0.25) is 0 Å². The second-order valence-corrected chi connectivity index (χ2v) is 4.27. The fourth-order valence-electron chi connectivity index (χ4n) is 1.75. The minimum Gasteiger partial charge on any atom is -0.491 e. The molecule has 0 amide bonds. The van der Waals surface area contributed by atoms with Crippen molar-refractivity contribution in [2.75, 3.05) is 12.3 Å². The predicted octanol–water partition coefficient (Wildman–Crippen LogP) is 4.05. The van der Waals surface area contributed by atoms with Crippen LogP contribution in [0.4, 0.5) is 14.5 Å². The third-order valence-corrected chi connectivity index (χ3v) is 2.72. The zero-order chi connectivity index (χ0) is 14.7. The van der Waals surface area contributed by atoms with Crippen LogP contribution < -0.4 is 15.2 Å². The van der Waals surface area contributed by atoms with Crippen LogP contribution in [-0.2, 0) is 0 Å². The molecule has 0 saturated heterocycles. The summed E-state index contributed by atoms with van der Waals surface area (Å²) in [6.07, 6.45) is 0. The van der Waals surface area contributed by atoms with E-state index in [4.69, 9.17) is 15.2 Å². The number of nitrogens with two attached hydrogens (primary N) is 1. The number of hydrogen-bond donors (Lipinski definition) is 1. The first-order chi connectivity index (χ1) is 9.51. The van der Waals surface area contributed by atoms with Gasteiger partial charge in [0.15, 0.2) is 17.3 Å². The van der Waals surface area contributed by atoms with E-state index in [9.17, 15) is 8.78 Å². The molecule has 0 radical (unpaired) electrons. The Morgan fingerprint density at radius 3 is 2.45 bits per heavy atom. The molecule has 106 valence electrons. The molecule has 0 aromatic heterocycles. The molecule has 0 aliphatic rings. The van der Waals surface area contributed by atoms with E-state index in [1.807, 2.05) is 0 Å². The molecule has 20 heavy (non-hydrogen) atoms. The lowest BCUT2D eigenvalue weighted by Crippen LogP contribution is -1.99. The van der Waals surface area contributed by atoms with Gasteiger partial charge in [-0.2, -0.15) is 0 Å². The molecular formula is C15H15F2NO2. The molecular weight excluding hydrogens is 264 g/mol. The van der Waals surface area contributed by atoms with Gasteiger partial charge in [0.1, 0.15) is 11.6 Å². The summed E-state index contributed by atoms with van der Waals surface area (Å²) in [5.41, 5.74) is 6.48. The van der Waals surface area contributed by atoms with Gasteiger partial charge in [-0.25, -0.2) is 8.78 Å². The van der Waals surface area contributed by atoms with Crippen LogP contribution in [0.15, 0.2) is 30.3 Å². The van der Waals surface area contributed by atoms with E-state index in [1.165, 1.54) is 24.3 Å². The Balaban J connectivity index is 2.35. The lowest BCUT2D eigenvalue weighted by molar-refractivity contribution is 0.319. The average molecular weight is 279 g/mol. The molecule has 2 aromatic carbocycles. The number of nitrogen functional groups attached to an aromatic ring is 1. The van der Waals surface area contributed by atoms with Crippen molar-refractivity contribution in [1.29, 1.82) is 0 Å². The largest absolute Gasteiger partial charge is 0.491 e. The van der Waals surface area contributed by atoms with Crippen LogP contribution in [0.5, 0.6) is 17.2 Å². The fourth-order valence-corrected chi connectivity index (χ4v) is 1.75. The standard InChI is InChI=1S/C15H15F2NO2/c1-3-19-14-8-15(12(18)7-11(14)17)20-13-5-4-10(16)6-9(13)2/h4-8H,3,18H2,1-2H3. The molecule has 0 bridgehead atoms. The van der Waals surface area contributed by atoms with Crippen molar-refractivity contribution in [2.45, 2.75) is 13.8 Å². The second-order valence-electron chi connectivity index (χ2n) is 4.27. The molecule has 0 spiro atoms. The topological polar surface area (TPSA) is 44.5 Å². The zero-order valence-corrected chi connectivity index (χ0v) is 11.2. The molecule has 5 heteroatoms. The molecule has 2 N–H and O–H groups in total. The Morgan fingerprint density at radius 1 is 1.05 bits per heavy atom. The van der Waals surface area contributed by atoms with Gasteiger partial charge < -0.3 is 15.2 Å². The zero-order valence-electron chi connectivity index (χ0n) is 11.2. The van der Waals surface area contributed by atoms with E-state index in [2.05, 4.69) is 0 Å². The van der Waals surface area contributed by atoms with E-state index in [1.54, 1.807) is 13.8 Å². The smallest absolute Gasteiger partial charge is 0.167 e. The highest BCUT2D eigenvalue weighted by atomic mass is 19.1. The minimum absolute atomic E-state index is 0.0662. The number of rotatable bonds is 4. The summed E-state index contributed by atoms with van der Waals surface area (Å²) >= 11 is 0. The highest BCUT2D eigenvalue weighted by molar-refractivity contribution is 5.58. The monoisotopic (exact) mass is 279 g/mol. The van der Waals surface area contributed by atoms with Crippen molar-refractivity contribution in [3.8, 4) is 17.2 Å². The van der Waals surface area contributed by atoms with Crippen LogP contribution in [0.2, 0.25) is 0 Å². The number of hydrogen-bond acceptors (Lipinski definition) is 3. The Bertz CT molecular complexity index is 630. The van der Waals surface area contributed by atoms with Crippen LogP contribution in [0.1, 0.15) is 12.5 Å². The lowest BCUT2D eigenvalue weighted by Gasteiger charge is -2.13. The van der Waals surface area contributed by atoms with Crippen LogP contribution in [0.25, 0.3) is 0 Å². The third kappa shape index (κ3) is 2.99. The number of aryl methyl sites for hydroxylation is 1. The molecule has 0 saturated carbocycles. The number of anilines is 1. The summed E-state index contributed by atoms with van der Waals surface area (Å²) in [4.78, 5) is 0. The summed E-state index contributed by atoms with van der Waals surface area (Å²) in [6.45, 7) is 3.79. The van der Waals surface area contributed by atoms with Crippen molar-refractivity contribution < 1.29 is 18.3 Å². The van der Waals surface area contributed by atoms with Crippen molar-refractivity contribution in [3.63, 3.8) is 0 Å². The van der Waals surface area contributed by atoms with E-state index in [-0.39, 0.29) is 23.0 Å². The molecule has 0 heterocycles. The van der Waals surface area contributed by atoms with Gasteiger partial charge in [0.25, 0.3) is 0 Å². The minimum atomic E-state index is -0.549. The van der Waals surface area contributed by atoms with E-state index in [0.717, 1.165) is 6.07 Å². The van der Waals surface area contributed by atoms with Crippen LogP contribution in [-0.4, -0.2) is 6.61 Å². The van der Waals surface area contributed by atoms with Crippen molar-refractivity contribution in [1.82, 2.24) is 0 Å². The first-order valence-electron chi connectivity index (χ1n) is 6.17. The number of halogens is 2. The fraction of sp³-hybridized carbons (Fsp3) is 0.200. The molecule has 0 aliphatic heterocycles. The van der Waals surface area contributed by atoms with Crippen LogP contribution >= 0.6 is 0 Å². The molecule has 3 nitrogen and oxygen atoms in total. The van der Waals surface area contributed by atoms with Gasteiger partial charge in [-0.15, -0.1) is 0 Å². The number of ether oxygens (including phenoxy) is 2. The first-order valence-corrected chi connectivity index (χ1v) is 6.17. The third-order valence-electron chi connectivity index (χ3n) is 2.72. The lowest BCUT2D eigenvalue weighted by atomic mass is 10.2. The van der Waals surface area contributed by atoms with Gasteiger partial charge >= 0.3 is 0 Å². The van der Waals surface area contributed by atoms with Crippen molar-refractivity contribution in [3.05, 3.63) is 47.5 Å². The molecule has 0 fully saturated rings. The van der Waals surface area contributed by atoms with Gasteiger partial charge in [-0.1, -0.05) is 0 Å². The van der Waals surface area contributed by atoms with Gasteiger partial charge in [-0.05, 0) is 37.6 Å². The Morgan fingerprint density at radius 2 is 1.80 bits per heavy atom. The predicted molar refractivity (Wildman–Crippen MR) is 73.2 cm³/mol. The van der Waals surface area contributed by atoms with Gasteiger partial charge in [0, 0.05) is 12.1 Å². The van der Waals surface area contributed by atoms with Crippen molar-refractivity contribution in [2.24, 2.45) is 0 Å². The first kappa shape index (κ1) is 14.1. The Kier molecular flexibility index (Phi) is 4.08. The van der Waals surface area contributed by atoms with Gasteiger partial charge in [-0.3, -0.25) is 0 Å². The summed E-state index contributed by atoms with van der Waals surface area (Å²) < 4.78 is 37.4. The highest BCUT2D eigenvalue weighted by Crippen LogP contribution is 2.34. The maximum Gasteiger partial charge on any atom is 0.167 e. The Hall–Kier alpha value is -2.30. The summed E-state index contributed by atoms with van der Waals surface area (Å²) in [5, 5.41) is 0. The summed E-state index contributed by atoms with van der Waals surface area (Å²) in [7, 11) is 0. The van der Waals surface area contributed by atoms with Crippen LogP contribution in [0, 0.1) is 18.6 Å². The van der Waals surface area contributed by atoms with E-state index >= 15 is 0 Å². The molecule has 0 unspecified atom stereocenters. The highest BCUT2D eigenvalue weighted by Gasteiger charge is 2.12. The SMILES string of the molecule is CCOc1cc(Oc2ccc(F)cc2C)c(N)cc1F. The maximum absolute atomic E-state index is 13.6. The molecule has 0 atom stereocenters. The van der Waals surface area contributed by atoms with Crippen LogP contribution in [0.3, 0.4) is 0 Å². The number of benzene rings is 2. The Labute approximate surface area is 115 Å². The second kappa shape index (κ2) is 5.77. The molecule has 2 rings (SSSR count). The van der Waals surface area contributed by atoms with Crippen molar-refractivity contribution >= 4 is 5.69 Å². The maximum atomic E-state index is 13.6. The summed E-state index contributed by atoms with van der Waals surface area (Å²) in [5.74, 6) is -0.113. The molecule has 2 aromatic rings. The quantitative estimate of drug-likeness (QED) is 0.859. The average Bonchev–Trinajstić information content (AvgIpc) is 2.38. The molecule has 0 aliphatic carbocycles.